The number of hydrogen-bond acceptors (Lipinski definition) is 4. The van der Waals surface area contributed by atoms with Crippen LogP contribution in [-0.4, -0.2) is 15.9 Å². The average Bonchev–Trinajstić information content (AvgIpc) is 2.66. The van der Waals surface area contributed by atoms with E-state index in [1.165, 1.54) is 17.8 Å². The van der Waals surface area contributed by atoms with Gasteiger partial charge >= 0.3 is 0 Å². The van der Waals surface area contributed by atoms with Crippen molar-refractivity contribution >= 4 is 23.5 Å². The molecule has 0 saturated carbocycles. The minimum absolute atomic E-state index is 0.0921. The zero-order valence-corrected chi connectivity index (χ0v) is 15.4. The van der Waals surface area contributed by atoms with Gasteiger partial charge in [-0.05, 0) is 17.2 Å². The number of carbonyl (C=O) groups is 1. The molecule has 0 saturated heterocycles. The van der Waals surface area contributed by atoms with Crippen molar-refractivity contribution in [1.29, 1.82) is 0 Å². The van der Waals surface area contributed by atoms with E-state index in [2.05, 4.69) is 15.3 Å². The second-order valence-electron chi connectivity index (χ2n) is 6.38. The van der Waals surface area contributed by atoms with Gasteiger partial charge in [0.25, 0.3) is 5.56 Å². The molecule has 2 N–H and O–H groups in total. The van der Waals surface area contributed by atoms with Gasteiger partial charge in [-0.1, -0.05) is 48.2 Å². The van der Waals surface area contributed by atoms with Crippen LogP contribution in [0.3, 0.4) is 0 Å². The number of nitrogens with zero attached hydrogens (tertiary/aromatic N) is 1. The summed E-state index contributed by atoms with van der Waals surface area (Å²) < 4.78 is 27.5. The van der Waals surface area contributed by atoms with Crippen molar-refractivity contribution < 1.29 is 13.6 Å². The standard InChI is InChI=1S/C20H15F2N3O2S/c21-12-6-7-13(15(22)8-12)14-9-16(26)23-18-17(14)19(27)25-20(24-18)28-10-11-4-2-1-3-5-11/h1-8,14H,9-10H2,(H2,23,24,25,26,27)/t14-/m1/s1. The largest absolute Gasteiger partial charge is 0.310 e. The molecule has 8 heteroatoms. The first-order valence-corrected chi connectivity index (χ1v) is 9.55. The molecule has 0 fully saturated rings. The van der Waals surface area contributed by atoms with Gasteiger partial charge in [0.05, 0.1) is 5.56 Å². The maximum Gasteiger partial charge on any atom is 0.257 e. The second kappa shape index (κ2) is 7.55. The number of aromatic nitrogens is 2. The van der Waals surface area contributed by atoms with E-state index in [1.807, 2.05) is 30.3 Å². The Hall–Kier alpha value is -3.00. The fourth-order valence-electron chi connectivity index (χ4n) is 3.19. The van der Waals surface area contributed by atoms with Crippen molar-refractivity contribution in [3.8, 4) is 0 Å². The van der Waals surface area contributed by atoms with Crippen molar-refractivity contribution in [2.45, 2.75) is 23.2 Å². The molecule has 1 aromatic heterocycles. The van der Waals surface area contributed by atoms with Crippen molar-refractivity contribution in [3.63, 3.8) is 0 Å². The summed E-state index contributed by atoms with van der Waals surface area (Å²) in [6.07, 6.45) is -0.114. The molecule has 0 radical (unpaired) electrons. The van der Waals surface area contributed by atoms with Gasteiger partial charge < -0.3 is 10.3 Å². The highest BCUT2D eigenvalue weighted by molar-refractivity contribution is 7.98. The van der Waals surface area contributed by atoms with Gasteiger partial charge in [-0.3, -0.25) is 9.59 Å². The molecule has 0 spiro atoms. The Morgan fingerprint density at radius 1 is 1.11 bits per heavy atom. The Labute approximate surface area is 163 Å². The van der Waals surface area contributed by atoms with Gasteiger partial charge in [0.2, 0.25) is 5.91 Å². The molecule has 1 amide bonds. The quantitative estimate of drug-likeness (QED) is 0.517. The third-order valence-corrected chi connectivity index (χ3v) is 5.43. The number of benzene rings is 2. The van der Waals surface area contributed by atoms with Crippen LogP contribution in [0.1, 0.15) is 29.0 Å². The summed E-state index contributed by atoms with van der Waals surface area (Å²) in [5, 5.41) is 2.94. The van der Waals surface area contributed by atoms with Crippen molar-refractivity contribution in [2.24, 2.45) is 0 Å². The first-order chi connectivity index (χ1) is 13.5. The van der Waals surface area contributed by atoms with Crippen molar-refractivity contribution in [2.75, 3.05) is 5.32 Å². The van der Waals surface area contributed by atoms with Crippen LogP contribution in [0, 0.1) is 11.6 Å². The van der Waals surface area contributed by atoms with E-state index in [4.69, 9.17) is 0 Å². The number of H-pyrrole nitrogens is 1. The van der Waals surface area contributed by atoms with Crippen LogP contribution >= 0.6 is 11.8 Å². The molecule has 0 unspecified atom stereocenters. The Morgan fingerprint density at radius 3 is 2.64 bits per heavy atom. The number of fused-ring (bicyclic) bond motifs is 1. The van der Waals surface area contributed by atoms with Crippen LogP contribution in [0.4, 0.5) is 14.6 Å². The number of carbonyl (C=O) groups excluding carboxylic acids is 1. The number of rotatable bonds is 4. The molecule has 142 valence electrons. The number of hydrogen-bond donors (Lipinski definition) is 2. The lowest BCUT2D eigenvalue weighted by atomic mass is 9.86. The van der Waals surface area contributed by atoms with Gasteiger partial charge in [-0.15, -0.1) is 0 Å². The topological polar surface area (TPSA) is 74.8 Å². The number of aromatic amines is 1. The molecule has 1 atom stereocenters. The van der Waals surface area contributed by atoms with Crippen molar-refractivity contribution in [3.05, 3.63) is 87.2 Å². The van der Waals surface area contributed by atoms with Gasteiger partial charge in [0, 0.05) is 24.2 Å². The fourth-order valence-corrected chi connectivity index (χ4v) is 4.01. The number of amides is 1. The number of anilines is 1. The maximum absolute atomic E-state index is 14.3. The average molecular weight is 399 g/mol. The zero-order valence-electron chi connectivity index (χ0n) is 14.5. The van der Waals surface area contributed by atoms with E-state index in [0.29, 0.717) is 10.9 Å². The van der Waals surface area contributed by atoms with Crippen LogP contribution in [0.2, 0.25) is 0 Å². The summed E-state index contributed by atoms with van der Waals surface area (Å²) in [5.41, 5.74) is 0.876. The van der Waals surface area contributed by atoms with E-state index in [1.54, 1.807) is 0 Å². The highest BCUT2D eigenvalue weighted by Gasteiger charge is 2.32. The van der Waals surface area contributed by atoms with Gasteiger partial charge in [0.1, 0.15) is 17.5 Å². The molecule has 0 bridgehead atoms. The van der Waals surface area contributed by atoms with Crippen LogP contribution < -0.4 is 10.9 Å². The van der Waals surface area contributed by atoms with E-state index in [0.717, 1.165) is 17.7 Å². The molecule has 4 rings (SSSR count). The zero-order chi connectivity index (χ0) is 19.7. The minimum Gasteiger partial charge on any atom is -0.310 e. The first kappa shape index (κ1) is 18.4. The van der Waals surface area contributed by atoms with Gasteiger partial charge in [0.15, 0.2) is 5.16 Å². The summed E-state index contributed by atoms with van der Waals surface area (Å²) in [6.45, 7) is 0. The van der Waals surface area contributed by atoms with Crippen LogP contribution in [0.15, 0.2) is 58.5 Å². The van der Waals surface area contributed by atoms with E-state index in [-0.39, 0.29) is 29.3 Å². The summed E-state index contributed by atoms with van der Waals surface area (Å²) in [5.74, 6) is -2.02. The van der Waals surface area contributed by atoms with E-state index < -0.39 is 23.1 Å². The van der Waals surface area contributed by atoms with Crippen molar-refractivity contribution in [1.82, 2.24) is 9.97 Å². The molecule has 2 aromatic carbocycles. The van der Waals surface area contributed by atoms with Crippen LogP contribution in [0.5, 0.6) is 0 Å². The van der Waals surface area contributed by atoms with Gasteiger partial charge in [-0.2, -0.15) is 0 Å². The molecule has 1 aliphatic rings. The smallest absolute Gasteiger partial charge is 0.257 e. The summed E-state index contributed by atoms with van der Waals surface area (Å²) in [6, 6.07) is 12.8. The summed E-state index contributed by atoms with van der Waals surface area (Å²) >= 11 is 1.32. The Bertz CT molecular complexity index is 1100. The lowest BCUT2D eigenvalue weighted by Gasteiger charge is -2.24. The normalized spacial score (nSPS) is 15.8. The number of halogens is 2. The highest BCUT2D eigenvalue weighted by atomic mass is 32.2. The molecule has 5 nitrogen and oxygen atoms in total. The molecular formula is C20H15F2N3O2S. The molecule has 1 aliphatic heterocycles. The van der Waals surface area contributed by atoms with Gasteiger partial charge in [-0.25, -0.2) is 13.8 Å². The lowest BCUT2D eigenvalue weighted by Crippen LogP contribution is -2.31. The van der Waals surface area contributed by atoms with Crippen LogP contribution in [0.25, 0.3) is 0 Å². The number of nitrogens with one attached hydrogen (secondary N) is 2. The monoisotopic (exact) mass is 399 g/mol. The van der Waals surface area contributed by atoms with Crippen LogP contribution in [-0.2, 0) is 10.5 Å². The first-order valence-electron chi connectivity index (χ1n) is 8.57. The maximum atomic E-state index is 14.3. The Balaban J connectivity index is 1.69. The Morgan fingerprint density at radius 2 is 1.89 bits per heavy atom. The van der Waals surface area contributed by atoms with E-state index >= 15 is 0 Å². The predicted octanol–water partition coefficient (Wildman–Crippen LogP) is 3.81. The fraction of sp³-hybridized carbons (Fsp3) is 0.150. The van der Waals surface area contributed by atoms with E-state index in [9.17, 15) is 18.4 Å². The second-order valence-corrected chi connectivity index (χ2v) is 7.34. The molecule has 3 aromatic rings. The molecule has 0 aliphatic carbocycles. The molecule has 2 heterocycles. The summed E-state index contributed by atoms with van der Waals surface area (Å²) in [4.78, 5) is 31.9. The predicted molar refractivity (Wildman–Crippen MR) is 102 cm³/mol. The molecule has 28 heavy (non-hydrogen) atoms. The third kappa shape index (κ3) is 3.68. The number of thioether (sulfide) groups is 1. The SMILES string of the molecule is O=C1C[C@H](c2ccc(F)cc2F)c2c(nc(SCc3ccccc3)[nH]c2=O)N1. The minimum atomic E-state index is -0.825. The molecular weight excluding hydrogens is 384 g/mol. The Kier molecular flexibility index (Phi) is 4.95. The highest BCUT2D eigenvalue weighted by Crippen LogP contribution is 2.36. The lowest BCUT2D eigenvalue weighted by molar-refractivity contribution is -0.116. The summed E-state index contributed by atoms with van der Waals surface area (Å²) in [7, 11) is 0. The third-order valence-electron chi connectivity index (χ3n) is 4.49.